The van der Waals surface area contributed by atoms with Gasteiger partial charge in [-0.2, -0.15) is 0 Å². The van der Waals surface area contributed by atoms with E-state index in [1.54, 1.807) is 0 Å². The first-order valence-corrected chi connectivity index (χ1v) is 7.34. The van der Waals surface area contributed by atoms with E-state index in [2.05, 4.69) is 36.4 Å². The molecule has 2 bridgehead atoms. The van der Waals surface area contributed by atoms with E-state index in [1.165, 1.54) is 10.8 Å². The first-order valence-electron chi connectivity index (χ1n) is 5.82. The molecule has 2 nitrogen and oxygen atoms in total. The van der Waals surface area contributed by atoms with Crippen molar-refractivity contribution in [2.75, 3.05) is 4.43 Å². The number of ether oxygens (including phenoxy) is 1. The van der Waals surface area contributed by atoms with Crippen LogP contribution < -0.4 is 0 Å². The fourth-order valence-corrected chi connectivity index (χ4v) is 3.48. The third-order valence-corrected chi connectivity index (χ3v) is 4.79. The summed E-state index contributed by atoms with van der Waals surface area (Å²) in [7, 11) is 0. The molecular weight excluding hydrogens is 303 g/mol. The summed E-state index contributed by atoms with van der Waals surface area (Å²) in [5, 5.41) is 0. The van der Waals surface area contributed by atoms with Gasteiger partial charge in [0.05, 0.1) is 5.60 Å². The van der Waals surface area contributed by atoms with Gasteiger partial charge in [-0.15, -0.1) is 0 Å². The van der Waals surface area contributed by atoms with Crippen molar-refractivity contribution in [3.05, 3.63) is 0 Å². The van der Waals surface area contributed by atoms with Crippen LogP contribution in [0.15, 0.2) is 0 Å². The van der Waals surface area contributed by atoms with E-state index in [0.717, 1.165) is 19.3 Å². The number of carbonyl (C=O) groups excluding carboxylic acids is 1. The van der Waals surface area contributed by atoms with Gasteiger partial charge in [0, 0.05) is 6.42 Å². The number of Topliss-reactive ketones (excluding diaryl/α,β-unsaturated/α-hetero) is 1. The zero-order chi connectivity index (χ0) is 11.1. The number of halogens is 1. The summed E-state index contributed by atoms with van der Waals surface area (Å²) in [6, 6.07) is 0. The predicted octanol–water partition coefficient (Wildman–Crippen LogP) is 3.12. The molecule has 0 aliphatic carbocycles. The Hall–Kier alpha value is 0.360. The highest BCUT2D eigenvalue weighted by atomic mass is 127. The zero-order valence-electron chi connectivity index (χ0n) is 9.51. The number of hydrogen-bond acceptors (Lipinski definition) is 2. The third kappa shape index (κ3) is 1.86. The van der Waals surface area contributed by atoms with E-state index < -0.39 is 5.60 Å². The molecular formula is C12H19IO2. The van der Waals surface area contributed by atoms with Gasteiger partial charge in [-0.3, -0.25) is 4.79 Å². The lowest BCUT2D eigenvalue weighted by molar-refractivity contribution is -0.137. The van der Waals surface area contributed by atoms with Crippen LogP contribution in [0.3, 0.4) is 0 Å². The van der Waals surface area contributed by atoms with E-state index in [1.807, 2.05) is 0 Å². The maximum absolute atomic E-state index is 12.0. The van der Waals surface area contributed by atoms with Crippen LogP contribution in [-0.2, 0) is 9.53 Å². The lowest BCUT2D eigenvalue weighted by Crippen LogP contribution is -2.41. The number of ketones is 1. The molecule has 3 heteroatoms. The smallest absolute Gasteiger partial charge is 0.167 e. The number of carbonyl (C=O) groups is 1. The molecule has 86 valence electrons. The number of alkyl halides is 1. The Morgan fingerprint density at radius 1 is 1.53 bits per heavy atom. The number of rotatable bonds is 4. The van der Waals surface area contributed by atoms with Crippen molar-refractivity contribution in [1.29, 1.82) is 0 Å². The minimum atomic E-state index is -0.402. The topological polar surface area (TPSA) is 26.3 Å². The lowest BCUT2D eigenvalue weighted by Gasteiger charge is -2.30. The van der Waals surface area contributed by atoms with Crippen LogP contribution >= 0.6 is 22.6 Å². The van der Waals surface area contributed by atoms with Crippen LogP contribution in [-0.4, -0.2) is 21.4 Å². The normalized spacial score (nSPS) is 41.1. The van der Waals surface area contributed by atoms with Gasteiger partial charge in [0.2, 0.25) is 0 Å². The molecule has 0 aromatic rings. The van der Waals surface area contributed by atoms with Gasteiger partial charge < -0.3 is 4.74 Å². The second kappa shape index (κ2) is 3.99. The Balaban J connectivity index is 2.10. The third-order valence-electron chi connectivity index (χ3n) is 4.03. The molecule has 3 unspecified atom stereocenters. The monoisotopic (exact) mass is 322 g/mol. The second-order valence-electron chi connectivity index (χ2n) is 5.27. The fourth-order valence-electron chi connectivity index (χ4n) is 3.04. The Kier molecular flexibility index (Phi) is 3.14. The van der Waals surface area contributed by atoms with Gasteiger partial charge in [0.15, 0.2) is 5.78 Å². The first-order chi connectivity index (χ1) is 7.02. The Morgan fingerprint density at radius 2 is 2.27 bits per heavy atom. The van der Waals surface area contributed by atoms with Gasteiger partial charge in [-0.05, 0) is 43.0 Å². The highest BCUT2D eigenvalue weighted by Crippen LogP contribution is 2.52. The van der Waals surface area contributed by atoms with Gasteiger partial charge in [-0.25, -0.2) is 0 Å². The molecule has 2 aliphatic rings. The van der Waals surface area contributed by atoms with Crippen LogP contribution in [0, 0.1) is 5.92 Å². The van der Waals surface area contributed by atoms with Crippen molar-refractivity contribution in [2.45, 2.75) is 57.2 Å². The zero-order valence-corrected chi connectivity index (χ0v) is 11.7. The molecule has 2 saturated heterocycles. The van der Waals surface area contributed by atoms with Crippen molar-refractivity contribution < 1.29 is 9.53 Å². The van der Waals surface area contributed by atoms with E-state index in [9.17, 15) is 4.79 Å². The molecule has 2 aliphatic heterocycles. The van der Waals surface area contributed by atoms with E-state index in [-0.39, 0.29) is 5.60 Å². The summed E-state index contributed by atoms with van der Waals surface area (Å²) < 4.78 is 7.24. The van der Waals surface area contributed by atoms with Gasteiger partial charge in [-0.1, -0.05) is 29.5 Å². The van der Waals surface area contributed by atoms with Crippen molar-refractivity contribution >= 4 is 28.4 Å². The average molecular weight is 322 g/mol. The largest absolute Gasteiger partial charge is 0.360 e. The first kappa shape index (κ1) is 11.8. The van der Waals surface area contributed by atoms with Crippen LogP contribution in [0.5, 0.6) is 0 Å². The number of hydrogen-bond donors (Lipinski definition) is 0. The molecule has 0 aromatic carbocycles. The van der Waals surface area contributed by atoms with Crippen LogP contribution in [0.4, 0.5) is 0 Å². The molecule has 0 radical (unpaired) electrons. The van der Waals surface area contributed by atoms with Crippen molar-refractivity contribution in [2.24, 2.45) is 5.92 Å². The highest BCUT2D eigenvalue weighted by Gasteiger charge is 2.60. The Morgan fingerprint density at radius 3 is 2.73 bits per heavy atom. The average Bonchev–Trinajstić information content (AvgIpc) is 2.65. The molecule has 0 N–H and O–H groups in total. The SMILES string of the molecule is CC(CCCI)C12CCC(C)(CC1=O)O2. The summed E-state index contributed by atoms with van der Waals surface area (Å²) in [4.78, 5) is 12.0. The van der Waals surface area contributed by atoms with Gasteiger partial charge in [0.1, 0.15) is 5.60 Å². The quantitative estimate of drug-likeness (QED) is 0.587. The maximum Gasteiger partial charge on any atom is 0.167 e. The fraction of sp³-hybridized carbons (Fsp3) is 0.917. The van der Waals surface area contributed by atoms with Crippen molar-refractivity contribution in [3.8, 4) is 0 Å². The molecule has 2 heterocycles. The standard InChI is InChI=1S/C12H19IO2/c1-9(4-3-7-13)12-6-5-11(2,15-12)8-10(12)14/h9H,3-8H2,1-2H3. The minimum Gasteiger partial charge on any atom is -0.360 e. The lowest BCUT2D eigenvalue weighted by atomic mass is 9.74. The summed E-state index contributed by atoms with van der Waals surface area (Å²) in [6.07, 6.45) is 4.96. The molecule has 0 amide bonds. The molecule has 0 spiro atoms. The Labute approximate surface area is 105 Å². The Bertz CT molecular complexity index is 279. The predicted molar refractivity (Wildman–Crippen MR) is 68.4 cm³/mol. The molecule has 0 saturated carbocycles. The van der Waals surface area contributed by atoms with Crippen molar-refractivity contribution in [3.63, 3.8) is 0 Å². The summed E-state index contributed by atoms with van der Waals surface area (Å²) in [5.74, 6) is 0.751. The molecule has 15 heavy (non-hydrogen) atoms. The molecule has 0 aromatic heterocycles. The molecule has 2 rings (SSSR count). The highest BCUT2D eigenvalue weighted by molar-refractivity contribution is 14.1. The van der Waals surface area contributed by atoms with E-state index >= 15 is 0 Å². The van der Waals surface area contributed by atoms with Crippen LogP contribution in [0.1, 0.15) is 46.0 Å². The summed E-state index contributed by atoms with van der Waals surface area (Å²) >= 11 is 2.39. The van der Waals surface area contributed by atoms with Crippen LogP contribution in [0.2, 0.25) is 0 Å². The van der Waals surface area contributed by atoms with Gasteiger partial charge in [0.25, 0.3) is 0 Å². The van der Waals surface area contributed by atoms with E-state index in [0.29, 0.717) is 18.1 Å². The maximum atomic E-state index is 12.0. The summed E-state index contributed by atoms with van der Waals surface area (Å²) in [5.41, 5.74) is -0.532. The van der Waals surface area contributed by atoms with E-state index in [4.69, 9.17) is 4.74 Å². The summed E-state index contributed by atoms with van der Waals surface area (Å²) in [6.45, 7) is 4.27. The number of fused-ring (bicyclic) bond motifs is 2. The molecule has 3 atom stereocenters. The molecule has 2 fully saturated rings. The second-order valence-corrected chi connectivity index (χ2v) is 6.35. The van der Waals surface area contributed by atoms with Gasteiger partial charge >= 0.3 is 0 Å². The minimum absolute atomic E-state index is 0.129. The van der Waals surface area contributed by atoms with Crippen molar-refractivity contribution in [1.82, 2.24) is 0 Å². The van der Waals surface area contributed by atoms with Crippen LogP contribution in [0.25, 0.3) is 0 Å².